The second kappa shape index (κ2) is 7.03. The first-order valence-electron chi connectivity index (χ1n) is 6.30. The lowest BCUT2D eigenvalue weighted by atomic mass is 9.80. The molecule has 102 valence electrons. The zero-order valence-electron chi connectivity index (χ0n) is 11.7. The quantitative estimate of drug-likeness (QED) is 0.719. The molecule has 3 heteroatoms. The van der Waals surface area contributed by atoms with Crippen LogP contribution in [0.2, 0.25) is 0 Å². The molecule has 1 unspecified atom stereocenters. The minimum Gasteiger partial charge on any atom is -0.493 e. The molecule has 0 amide bonds. The average Bonchev–Trinajstić information content (AvgIpc) is 2.33. The van der Waals surface area contributed by atoms with E-state index in [0.29, 0.717) is 17.9 Å². The van der Waals surface area contributed by atoms with Crippen molar-refractivity contribution in [2.75, 3.05) is 19.0 Å². The second-order valence-electron chi connectivity index (χ2n) is 5.51. The van der Waals surface area contributed by atoms with Gasteiger partial charge >= 0.3 is 0 Å². The van der Waals surface area contributed by atoms with Crippen LogP contribution in [0, 0.1) is 11.3 Å². The molecule has 0 saturated heterocycles. The van der Waals surface area contributed by atoms with E-state index < -0.39 is 0 Å². The predicted molar refractivity (Wildman–Crippen MR) is 79.8 cm³/mol. The Hall–Kier alpha value is -0.700. The van der Waals surface area contributed by atoms with Gasteiger partial charge in [0, 0.05) is 5.33 Å². The lowest BCUT2D eigenvalue weighted by molar-refractivity contribution is 0.200. The first-order chi connectivity index (χ1) is 8.49. The molecule has 2 nitrogen and oxygen atoms in total. The molecular formula is C15H23BrO2. The Labute approximate surface area is 119 Å². The molecule has 18 heavy (non-hydrogen) atoms. The maximum Gasteiger partial charge on any atom is 0.161 e. The predicted octanol–water partition coefficient (Wildman–Crippen LogP) is 4.52. The van der Waals surface area contributed by atoms with E-state index in [1.165, 1.54) is 0 Å². The van der Waals surface area contributed by atoms with Gasteiger partial charge in [0.25, 0.3) is 0 Å². The van der Waals surface area contributed by atoms with Gasteiger partial charge in [0.1, 0.15) is 0 Å². The highest BCUT2D eigenvalue weighted by molar-refractivity contribution is 9.09. The van der Waals surface area contributed by atoms with Crippen molar-refractivity contribution >= 4 is 15.9 Å². The smallest absolute Gasteiger partial charge is 0.161 e. The zero-order valence-corrected chi connectivity index (χ0v) is 13.3. The maximum atomic E-state index is 5.81. The molecule has 0 radical (unpaired) electrons. The van der Waals surface area contributed by atoms with Gasteiger partial charge in [0.15, 0.2) is 11.5 Å². The molecular weight excluding hydrogens is 292 g/mol. The first kappa shape index (κ1) is 15.4. The van der Waals surface area contributed by atoms with Crippen LogP contribution in [0.25, 0.3) is 0 Å². The van der Waals surface area contributed by atoms with Gasteiger partial charge in [-0.05, 0) is 29.9 Å². The molecule has 0 aromatic heterocycles. The van der Waals surface area contributed by atoms with Crippen molar-refractivity contribution in [3.63, 3.8) is 0 Å². The van der Waals surface area contributed by atoms with Crippen LogP contribution < -0.4 is 9.47 Å². The van der Waals surface area contributed by atoms with Crippen LogP contribution in [0.5, 0.6) is 11.5 Å². The number of halogens is 1. The molecule has 0 spiro atoms. The van der Waals surface area contributed by atoms with Crippen molar-refractivity contribution < 1.29 is 9.47 Å². The highest BCUT2D eigenvalue weighted by atomic mass is 79.9. The summed E-state index contributed by atoms with van der Waals surface area (Å²) in [6.07, 6.45) is 1.03. The Bertz CT molecular complexity index is 358. The summed E-state index contributed by atoms with van der Waals surface area (Å²) < 4.78 is 11.1. The van der Waals surface area contributed by atoms with Gasteiger partial charge in [-0.2, -0.15) is 0 Å². The van der Waals surface area contributed by atoms with Gasteiger partial charge in [0.05, 0.1) is 13.7 Å². The summed E-state index contributed by atoms with van der Waals surface area (Å²) in [6.45, 7) is 7.51. The molecule has 0 heterocycles. The van der Waals surface area contributed by atoms with Crippen molar-refractivity contribution in [3.05, 3.63) is 24.3 Å². The third-order valence-corrected chi connectivity index (χ3v) is 3.99. The van der Waals surface area contributed by atoms with Gasteiger partial charge in [0.2, 0.25) is 0 Å². The Morgan fingerprint density at radius 2 is 1.78 bits per heavy atom. The fourth-order valence-electron chi connectivity index (χ4n) is 1.79. The lowest BCUT2D eigenvalue weighted by Gasteiger charge is -2.29. The fourth-order valence-corrected chi connectivity index (χ4v) is 3.09. The molecule has 0 aliphatic rings. The number of para-hydroxylation sites is 2. The largest absolute Gasteiger partial charge is 0.493 e. The molecule has 0 N–H and O–H groups in total. The highest BCUT2D eigenvalue weighted by Gasteiger charge is 2.23. The SMILES string of the molecule is COc1ccccc1OCCC(CBr)C(C)(C)C. The van der Waals surface area contributed by atoms with Crippen molar-refractivity contribution in [2.24, 2.45) is 11.3 Å². The van der Waals surface area contributed by atoms with Crippen LogP contribution in [-0.4, -0.2) is 19.0 Å². The monoisotopic (exact) mass is 314 g/mol. The molecule has 1 aromatic carbocycles. The zero-order chi connectivity index (χ0) is 13.6. The third kappa shape index (κ3) is 4.52. The van der Waals surface area contributed by atoms with E-state index in [0.717, 1.165) is 23.2 Å². The fraction of sp³-hybridized carbons (Fsp3) is 0.600. The number of hydrogen-bond acceptors (Lipinski definition) is 2. The van der Waals surface area contributed by atoms with Gasteiger partial charge < -0.3 is 9.47 Å². The average molecular weight is 315 g/mol. The van der Waals surface area contributed by atoms with Crippen molar-refractivity contribution in [1.29, 1.82) is 0 Å². The first-order valence-corrected chi connectivity index (χ1v) is 7.43. The molecule has 0 aliphatic heterocycles. The molecule has 0 fully saturated rings. The number of methoxy groups -OCH3 is 1. The van der Waals surface area contributed by atoms with E-state index in [1.807, 2.05) is 24.3 Å². The number of rotatable bonds is 6. The summed E-state index contributed by atoms with van der Waals surface area (Å²) in [5.74, 6) is 2.22. The molecule has 0 bridgehead atoms. The summed E-state index contributed by atoms with van der Waals surface area (Å²) >= 11 is 3.59. The standard InChI is InChI=1S/C15H23BrO2/c1-15(2,3)12(11-16)9-10-18-14-8-6-5-7-13(14)17-4/h5-8,12H,9-11H2,1-4H3. The number of hydrogen-bond donors (Lipinski definition) is 0. The topological polar surface area (TPSA) is 18.5 Å². The van der Waals surface area contributed by atoms with E-state index in [2.05, 4.69) is 36.7 Å². The molecule has 1 atom stereocenters. The number of alkyl halides is 1. The van der Waals surface area contributed by atoms with Gasteiger partial charge in [-0.3, -0.25) is 0 Å². The van der Waals surface area contributed by atoms with Crippen molar-refractivity contribution in [1.82, 2.24) is 0 Å². The van der Waals surface area contributed by atoms with Gasteiger partial charge in [-0.1, -0.05) is 48.8 Å². The minimum atomic E-state index is 0.299. The summed E-state index contributed by atoms with van der Waals surface area (Å²) in [5, 5.41) is 1.01. The summed E-state index contributed by atoms with van der Waals surface area (Å²) in [6, 6.07) is 7.77. The summed E-state index contributed by atoms with van der Waals surface area (Å²) in [4.78, 5) is 0. The van der Waals surface area contributed by atoms with Gasteiger partial charge in [-0.25, -0.2) is 0 Å². The van der Waals surface area contributed by atoms with E-state index in [9.17, 15) is 0 Å². The van der Waals surface area contributed by atoms with Crippen LogP contribution in [0.1, 0.15) is 27.2 Å². The summed E-state index contributed by atoms with van der Waals surface area (Å²) in [7, 11) is 1.67. The van der Waals surface area contributed by atoms with Crippen molar-refractivity contribution in [3.8, 4) is 11.5 Å². The normalized spacial score (nSPS) is 13.2. The second-order valence-corrected chi connectivity index (χ2v) is 6.15. The Balaban J connectivity index is 2.50. The van der Waals surface area contributed by atoms with E-state index in [4.69, 9.17) is 9.47 Å². The van der Waals surface area contributed by atoms with E-state index in [-0.39, 0.29) is 0 Å². The van der Waals surface area contributed by atoms with Crippen LogP contribution in [-0.2, 0) is 0 Å². The van der Waals surface area contributed by atoms with Crippen LogP contribution in [0.15, 0.2) is 24.3 Å². The Morgan fingerprint density at radius 3 is 2.28 bits per heavy atom. The number of benzene rings is 1. The van der Waals surface area contributed by atoms with Crippen LogP contribution >= 0.6 is 15.9 Å². The minimum absolute atomic E-state index is 0.299. The van der Waals surface area contributed by atoms with E-state index in [1.54, 1.807) is 7.11 Å². The van der Waals surface area contributed by atoms with Crippen LogP contribution in [0.3, 0.4) is 0 Å². The third-order valence-electron chi connectivity index (χ3n) is 3.20. The lowest BCUT2D eigenvalue weighted by Crippen LogP contribution is -2.23. The number of ether oxygens (including phenoxy) is 2. The van der Waals surface area contributed by atoms with Gasteiger partial charge in [-0.15, -0.1) is 0 Å². The van der Waals surface area contributed by atoms with Crippen molar-refractivity contribution in [2.45, 2.75) is 27.2 Å². The van der Waals surface area contributed by atoms with E-state index >= 15 is 0 Å². The maximum absolute atomic E-state index is 5.81. The molecule has 1 rings (SSSR count). The molecule has 1 aromatic rings. The summed E-state index contributed by atoms with van der Waals surface area (Å²) in [5.41, 5.74) is 0.299. The Kier molecular flexibility index (Phi) is 6.00. The molecule has 0 saturated carbocycles. The highest BCUT2D eigenvalue weighted by Crippen LogP contribution is 2.31. The molecule has 0 aliphatic carbocycles. The Morgan fingerprint density at radius 1 is 1.17 bits per heavy atom. The van der Waals surface area contributed by atoms with Crippen LogP contribution in [0.4, 0.5) is 0 Å².